The number of fused-ring (bicyclic) bond motifs is 1. The molecule has 27 heavy (non-hydrogen) atoms. The fourth-order valence-corrected chi connectivity index (χ4v) is 5.33. The lowest BCUT2D eigenvalue weighted by Crippen LogP contribution is -2.52. The van der Waals surface area contributed by atoms with Crippen LogP contribution in [0, 0.1) is 6.92 Å². The van der Waals surface area contributed by atoms with Crippen LogP contribution in [0.25, 0.3) is 10.2 Å². The maximum absolute atomic E-state index is 13.3. The highest BCUT2D eigenvalue weighted by Crippen LogP contribution is 2.39. The number of hydrogen-bond donors (Lipinski definition) is 0. The van der Waals surface area contributed by atoms with Gasteiger partial charge in [-0.2, -0.15) is 4.98 Å². The number of rotatable bonds is 4. The summed E-state index contributed by atoms with van der Waals surface area (Å²) in [7, 11) is 3.19. The van der Waals surface area contributed by atoms with Crippen molar-refractivity contribution in [2.24, 2.45) is 0 Å². The second-order valence-corrected chi connectivity index (χ2v) is 8.28. The average Bonchev–Trinajstić information content (AvgIpc) is 3.25. The Balaban J connectivity index is 1.68. The first-order valence-electron chi connectivity index (χ1n) is 9.33. The molecule has 3 heterocycles. The molecule has 1 saturated carbocycles. The van der Waals surface area contributed by atoms with Crippen molar-refractivity contribution in [1.29, 1.82) is 0 Å². The zero-order chi connectivity index (χ0) is 19.0. The molecule has 1 spiro atoms. The molecule has 0 bridgehead atoms. The zero-order valence-electron chi connectivity index (χ0n) is 16.0. The third-order valence-electron chi connectivity index (χ3n) is 5.51. The molecule has 146 valence electrons. The van der Waals surface area contributed by atoms with Gasteiger partial charge in [0.05, 0.1) is 36.1 Å². The largest absolute Gasteiger partial charge is 0.480 e. The molecule has 0 unspecified atom stereocenters. The lowest BCUT2D eigenvalue weighted by atomic mass is 9.99. The number of thiophene rings is 1. The molecule has 1 amide bonds. The molecule has 2 aromatic heterocycles. The molecule has 4 rings (SSSR count). The van der Waals surface area contributed by atoms with Gasteiger partial charge in [-0.05, 0) is 25.3 Å². The van der Waals surface area contributed by atoms with Gasteiger partial charge >= 0.3 is 0 Å². The number of carbonyl (C=O) groups excluding carboxylic acids is 1. The van der Waals surface area contributed by atoms with E-state index < -0.39 is 0 Å². The lowest BCUT2D eigenvalue weighted by molar-refractivity contribution is -0.0947. The van der Waals surface area contributed by atoms with Gasteiger partial charge in [0.25, 0.3) is 5.91 Å². The maximum Gasteiger partial charge on any atom is 0.264 e. The van der Waals surface area contributed by atoms with Crippen LogP contribution in [-0.2, 0) is 16.1 Å². The zero-order valence-corrected chi connectivity index (χ0v) is 16.9. The van der Waals surface area contributed by atoms with Crippen molar-refractivity contribution in [3.63, 3.8) is 0 Å². The van der Waals surface area contributed by atoms with Crippen LogP contribution >= 0.6 is 11.3 Å². The Morgan fingerprint density at radius 3 is 2.78 bits per heavy atom. The fourth-order valence-electron chi connectivity index (χ4n) is 4.17. The summed E-state index contributed by atoms with van der Waals surface area (Å²) in [6.45, 7) is 4.16. The summed E-state index contributed by atoms with van der Waals surface area (Å²) in [5.74, 6) is 1.10. The van der Waals surface area contributed by atoms with Crippen molar-refractivity contribution in [1.82, 2.24) is 14.9 Å². The minimum atomic E-state index is -0.137. The average molecular weight is 391 g/mol. The third kappa shape index (κ3) is 3.30. The molecule has 8 heteroatoms. The van der Waals surface area contributed by atoms with Crippen LogP contribution in [0.15, 0.2) is 0 Å². The Bertz CT molecular complexity index is 860. The van der Waals surface area contributed by atoms with E-state index in [1.54, 1.807) is 14.2 Å². The lowest BCUT2D eigenvalue weighted by Gasteiger charge is -2.40. The monoisotopic (exact) mass is 391 g/mol. The second kappa shape index (κ2) is 7.33. The van der Waals surface area contributed by atoms with Crippen molar-refractivity contribution in [3.8, 4) is 5.88 Å². The molecule has 2 aliphatic rings. The van der Waals surface area contributed by atoms with Gasteiger partial charge in [-0.1, -0.05) is 12.8 Å². The quantitative estimate of drug-likeness (QED) is 0.798. The van der Waals surface area contributed by atoms with E-state index in [1.165, 1.54) is 24.2 Å². The van der Waals surface area contributed by atoms with Gasteiger partial charge in [-0.3, -0.25) is 4.79 Å². The minimum Gasteiger partial charge on any atom is -0.480 e. The van der Waals surface area contributed by atoms with Crippen molar-refractivity contribution >= 4 is 27.5 Å². The molecule has 0 radical (unpaired) electrons. The van der Waals surface area contributed by atoms with Crippen LogP contribution < -0.4 is 4.74 Å². The number of aryl methyl sites for hydroxylation is 1. The van der Waals surface area contributed by atoms with Gasteiger partial charge < -0.3 is 19.1 Å². The smallest absolute Gasteiger partial charge is 0.264 e. The molecule has 0 aromatic carbocycles. The molecule has 2 aromatic rings. The molecule has 0 atom stereocenters. The van der Waals surface area contributed by atoms with E-state index in [0.717, 1.165) is 28.6 Å². The van der Waals surface area contributed by atoms with Crippen LogP contribution in [0.3, 0.4) is 0 Å². The van der Waals surface area contributed by atoms with E-state index in [0.29, 0.717) is 42.9 Å². The van der Waals surface area contributed by atoms with E-state index in [2.05, 4.69) is 9.97 Å². The number of ether oxygens (including phenoxy) is 3. The van der Waals surface area contributed by atoms with Crippen LogP contribution in [0.4, 0.5) is 0 Å². The van der Waals surface area contributed by atoms with Crippen molar-refractivity contribution < 1.29 is 19.0 Å². The van der Waals surface area contributed by atoms with Gasteiger partial charge in [0.2, 0.25) is 5.88 Å². The summed E-state index contributed by atoms with van der Waals surface area (Å²) in [5.41, 5.74) is 0.745. The summed E-state index contributed by atoms with van der Waals surface area (Å²) in [5, 5.41) is 0.814. The first kappa shape index (κ1) is 18.6. The summed E-state index contributed by atoms with van der Waals surface area (Å²) in [6.07, 6.45) is 4.45. The molecule has 0 N–H and O–H groups in total. The highest BCUT2D eigenvalue weighted by Gasteiger charge is 2.41. The standard InChI is InChI=1S/C19H25N3O4S/c1-12-14-16(25-3)20-13(10-24-2)21-17(14)27-15(12)18(23)22-8-9-26-19(11-22)6-4-5-7-19/h4-11H2,1-3H3. The summed E-state index contributed by atoms with van der Waals surface area (Å²) < 4.78 is 16.7. The van der Waals surface area contributed by atoms with Gasteiger partial charge in [0.1, 0.15) is 11.4 Å². The molecule has 7 nitrogen and oxygen atoms in total. The minimum absolute atomic E-state index is 0.0559. The first-order valence-corrected chi connectivity index (χ1v) is 10.1. The van der Waals surface area contributed by atoms with Crippen molar-refractivity contribution in [3.05, 3.63) is 16.3 Å². The SMILES string of the molecule is COCc1nc(OC)c2c(C)c(C(=O)N3CCOC4(CCCC4)C3)sc2n1. The van der Waals surface area contributed by atoms with Gasteiger partial charge in [-0.25, -0.2) is 4.98 Å². The molecule has 2 fully saturated rings. The Hall–Kier alpha value is -1.77. The van der Waals surface area contributed by atoms with Crippen molar-refractivity contribution in [2.45, 2.75) is 44.8 Å². The Kier molecular flexibility index (Phi) is 5.05. The Morgan fingerprint density at radius 2 is 2.07 bits per heavy atom. The van der Waals surface area contributed by atoms with Gasteiger partial charge in [0.15, 0.2) is 5.82 Å². The summed E-state index contributed by atoms with van der Waals surface area (Å²) in [4.78, 5) is 25.7. The predicted molar refractivity (Wildman–Crippen MR) is 102 cm³/mol. The fraction of sp³-hybridized carbons (Fsp3) is 0.632. The molecular formula is C19H25N3O4S. The van der Waals surface area contributed by atoms with Crippen molar-refractivity contribution in [2.75, 3.05) is 33.9 Å². The highest BCUT2D eigenvalue weighted by atomic mass is 32.1. The van der Waals surface area contributed by atoms with E-state index >= 15 is 0 Å². The number of morpholine rings is 1. The third-order valence-corrected chi connectivity index (χ3v) is 6.69. The number of nitrogens with zero attached hydrogens (tertiary/aromatic N) is 3. The summed E-state index contributed by atoms with van der Waals surface area (Å²) in [6, 6.07) is 0. The molecule has 1 saturated heterocycles. The molecular weight excluding hydrogens is 366 g/mol. The summed E-state index contributed by atoms with van der Waals surface area (Å²) >= 11 is 1.41. The van der Waals surface area contributed by atoms with Crippen LogP contribution in [-0.4, -0.2) is 60.3 Å². The number of hydrogen-bond acceptors (Lipinski definition) is 7. The highest BCUT2D eigenvalue weighted by molar-refractivity contribution is 7.20. The Labute approximate surface area is 162 Å². The first-order chi connectivity index (χ1) is 13.1. The van der Waals surface area contributed by atoms with E-state index in [-0.39, 0.29) is 11.5 Å². The Morgan fingerprint density at radius 1 is 1.30 bits per heavy atom. The van der Waals surface area contributed by atoms with E-state index in [1.807, 2.05) is 11.8 Å². The topological polar surface area (TPSA) is 73.8 Å². The predicted octanol–water partition coefficient (Wildman–Crippen LogP) is 2.94. The van der Waals surface area contributed by atoms with Crippen LogP contribution in [0.1, 0.15) is 46.7 Å². The van der Waals surface area contributed by atoms with Gasteiger partial charge in [-0.15, -0.1) is 11.3 Å². The van der Waals surface area contributed by atoms with E-state index in [4.69, 9.17) is 14.2 Å². The number of carbonyl (C=O) groups is 1. The van der Waals surface area contributed by atoms with Crippen LogP contribution in [0.2, 0.25) is 0 Å². The van der Waals surface area contributed by atoms with E-state index in [9.17, 15) is 4.79 Å². The molecule has 1 aliphatic heterocycles. The molecule has 1 aliphatic carbocycles. The number of aromatic nitrogens is 2. The van der Waals surface area contributed by atoms with Gasteiger partial charge in [0, 0.05) is 13.7 Å². The van der Waals surface area contributed by atoms with Crippen LogP contribution in [0.5, 0.6) is 5.88 Å². The number of amides is 1. The normalized spacial score (nSPS) is 19.1. The second-order valence-electron chi connectivity index (χ2n) is 7.28. The number of methoxy groups -OCH3 is 2. The maximum atomic E-state index is 13.3.